The van der Waals surface area contributed by atoms with Gasteiger partial charge in [0.05, 0.1) is 30.2 Å². The zero-order valence-corrected chi connectivity index (χ0v) is 25.7. The lowest BCUT2D eigenvalue weighted by molar-refractivity contribution is -0.742. The van der Waals surface area contributed by atoms with Crippen LogP contribution < -0.4 is 4.74 Å². The molecule has 47 heavy (non-hydrogen) atoms. The maximum Gasteiger partial charge on any atom is 0.291 e. The molecule has 2 N–H and O–H groups in total. The maximum absolute atomic E-state index is 8.36. The van der Waals surface area contributed by atoms with E-state index in [0.717, 1.165) is 22.6 Å². The first-order valence-electron chi connectivity index (χ1n) is 13.6. The van der Waals surface area contributed by atoms with Crippen LogP contribution in [-0.4, -0.2) is 59.4 Å². The molecular weight excluding hydrogens is 659 g/mol. The molecule has 1 fully saturated rings. The first kappa shape index (κ1) is 34.5. The van der Waals surface area contributed by atoms with Gasteiger partial charge in [-0.15, -0.1) is 20.2 Å². The predicted octanol–water partition coefficient (Wildman–Crippen LogP) is 5.97. The molecule has 0 bridgehead atoms. The molecule has 0 aliphatic carbocycles. The van der Waals surface area contributed by atoms with Crippen molar-refractivity contribution >= 4 is 23.2 Å². The van der Waals surface area contributed by atoms with Crippen molar-refractivity contribution in [2.24, 2.45) is 0 Å². The van der Waals surface area contributed by atoms with Crippen molar-refractivity contribution in [3.8, 4) is 28.4 Å². The lowest BCUT2D eigenvalue weighted by atomic mass is 10.1. The highest BCUT2D eigenvalue weighted by Crippen LogP contribution is 2.40. The third-order valence-electron chi connectivity index (χ3n) is 6.42. The SMILES string of the molecule is Clc1ccc([C@]2(Cn3ccnc3)OC[C@@H](COc3ccc(-c4ccnc(-c5ccccc5)n4)cc3)O2)c(Cl)c1.O=[N+]([O-])O.O=[N+]([O-])O. The van der Waals surface area contributed by atoms with Gasteiger partial charge in [0.2, 0.25) is 5.79 Å². The van der Waals surface area contributed by atoms with E-state index >= 15 is 0 Å². The summed E-state index contributed by atoms with van der Waals surface area (Å²) in [6.45, 7) is 1.03. The van der Waals surface area contributed by atoms with Gasteiger partial charge in [0.15, 0.2) is 5.82 Å². The largest absolute Gasteiger partial charge is 0.491 e. The van der Waals surface area contributed by atoms with E-state index < -0.39 is 16.0 Å². The Morgan fingerprint density at radius 1 is 0.957 bits per heavy atom. The van der Waals surface area contributed by atoms with Crippen LogP contribution in [0.2, 0.25) is 10.0 Å². The zero-order valence-electron chi connectivity index (χ0n) is 24.2. The molecule has 0 radical (unpaired) electrons. The fraction of sp³-hybridized carbons (Fsp3) is 0.167. The molecule has 0 amide bonds. The summed E-state index contributed by atoms with van der Waals surface area (Å²) in [7, 11) is 0. The van der Waals surface area contributed by atoms with Crippen LogP contribution in [0.3, 0.4) is 0 Å². The van der Waals surface area contributed by atoms with Crippen LogP contribution in [0.4, 0.5) is 0 Å². The second kappa shape index (κ2) is 16.3. The van der Waals surface area contributed by atoms with Gasteiger partial charge >= 0.3 is 0 Å². The molecule has 1 aliphatic rings. The number of nitrogens with zero attached hydrogens (tertiary/aromatic N) is 6. The number of benzene rings is 3. The summed E-state index contributed by atoms with van der Waals surface area (Å²) in [4.78, 5) is 30.0. The Hall–Kier alpha value is -5.35. The van der Waals surface area contributed by atoms with Crippen LogP contribution in [0.5, 0.6) is 5.75 Å². The molecule has 3 aromatic carbocycles. The minimum absolute atomic E-state index is 0.307. The summed E-state index contributed by atoms with van der Waals surface area (Å²) in [5.74, 6) is 0.312. The Morgan fingerprint density at radius 2 is 1.66 bits per heavy atom. The average molecular weight is 685 g/mol. The van der Waals surface area contributed by atoms with Gasteiger partial charge in [-0.3, -0.25) is 0 Å². The Morgan fingerprint density at radius 3 is 2.30 bits per heavy atom. The van der Waals surface area contributed by atoms with E-state index in [-0.39, 0.29) is 6.10 Å². The molecule has 244 valence electrons. The first-order chi connectivity index (χ1) is 22.5. The van der Waals surface area contributed by atoms with E-state index in [0.29, 0.717) is 41.2 Å². The van der Waals surface area contributed by atoms with Crippen molar-refractivity contribution in [2.45, 2.75) is 18.4 Å². The van der Waals surface area contributed by atoms with Crippen LogP contribution in [0, 0.1) is 20.2 Å². The Kier molecular flexibility index (Phi) is 12.0. The Bertz CT molecular complexity index is 1750. The predicted molar refractivity (Wildman–Crippen MR) is 167 cm³/mol. The first-order valence-corrected chi connectivity index (χ1v) is 14.3. The third kappa shape index (κ3) is 10.1. The van der Waals surface area contributed by atoms with Crippen molar-refractivity contribution in [3.05, 3.63) is 140 Å². The standard InChI is InChI=1S/C30H24Cl2N4O3.2HNO3/c31-23-8-11-26(27(32)16-23)30(19-36-15-14-33-20-36)38-18-25(39-30)17-37-24-9-6-21(7-10-24)28-12-13-34-29(35-28)22-4-2-1-3-5-22;2*2-1(3)4/h1-16,20,25H,17-19H2;2*(H,2,3,4)/t25-,30-;;/m1../s1. The highest BCUT2D eigenvalue weighted by Gasteiger charge is 2.45. The molecule has 1 saturated heterocycles. The van der Waals surface area contributed by atoms with Crippen LogP contribution in [0.1, 0.15) is 5.56 Å². The molecule has 0 spiro atoms. The normalized spacial score (nSPS) is 16.6. The van der Waals surface area contributed by atoms with Crippen LogP contribution in [-0.2, 0) is 21.8 Å². The number of rotatable bonds is 8. The molecule has 15 nitrogen and oxygen atoms in total. The summed E-state index contributed by atoms with van der Waals surface area (Å²) < 4.78 is 20.7. The number of hydrogen-bond donors (Lipinski definition) is 2. The van der Waals surface area contributed by atoms with E-state index in [1.165, 1.54) is 0 Å². The van der Waals surface area contributed by atoms with Crippen LogP contribution >= 0.6 is 23.2 Å². The number of hydrogen-bond acceptors (Lipinski definition) is 10. The van der Waals surface area contributed by atoms with Gasteiger partial charge in [0.1, 0.15) is 18.5 Å². The van der Waals surface area contributed by atoms with Crippen LogP contribution in [0.15, 0.2) is 104 Å². The highest BCUT2D eigenvalue weighted by atomic mass is 35.5. The Balaban J connectivity index is 0.000000564. The summed E-state index contributed by atoms with van der Waals surface area (Å²) in [6, 6.07) is 24.9. The van der Waals surface area contributed by atoms with Gasteiger partial charge in [-0.05, 0) is 42.5 Å². The smallest absolute Gasteiger partial charge is 0.291 e. The van der Waals surface area contributed by atoms with Gasteiger partial charge < -0.3 is 29.2 Å². The van der Waals surface area contributed by atoms with Gasteiger partial charge in [-0.2, -0.15) is 0 Å². The second-order valence-electron chi connectivity index (χ2n) is 9.61. The van der Waals surface area contributed by atoms with Gasteiger partial charge in [0.25, 0.3) is 10.2 Å². The fourth-order valence-corrected chi connectivity index (χ4v) is 5.08. The summed E-state index contributed by atoms with van der Waals surface area (Å²) in [6.07, 6.45) is 6.74. The molecule has 5 aromatic rings. The van der Waals surface area contributed by atoms with Crippen molar-refractivity contribution in [1.29, 1.82) is 0 Å². The topological polar surface area (TPSA) is 198 Å². The van der Waals surface area contributed by atoms with E-state index in [1.54, 1.807) is 30.9 Å². The van der Waals surface area contributed by atoms with Crippen molar-refractivity contribution in [1.82, 2.24) is 19.5 Å². The molecule has 1 aliphatic heterocycles. The molecule has 6 rings (SSSR count). The van der Waals surface area contributed by atoms with Crippen molar-refractivity contribution in [2.75, 3.05) is 13.2 Å². The van der Waals surface area contributed by atoms with E-state index in [9.17, 15) is 0 Å². The molecule has 2 aromatic heterocycles. The average Bonchev–Trinajstić information content (AvgIpc) is 3.71. The maximum atomic E-state index is 8.36. The molecule has 2 atom stereocenters. The molecule has 0 saturated carbocycles. The monoisotopic (exact) mass is 684 g/mol. The van der Waals surface area contributed by atoms with Crippen molar-refractivity contribution in [3.63, 3.8) is 0 Å². The summed E-state index contributed by atoms with van der Waals surface area (Å²) in [5.41, 5.74) is 3.49. The van der Waals surface area contributed by atoms with Gasteiger partial charge in [0, 0.05) is 40.3 Å². The minimum atomic E-state index is -1.50. The second-order valence-corrected chi connectivity index (χ2v) is 10.4. The summed E-state index contributed by atoms with van der Waals surface area (Å²) in [5, 5.41) is 28.3. The zero-order chi connectivity index (χ0) is 33.8. The minimum Gasteiger partial charge on any atom is -0.491 e. The lowest BCUT2D eigenvalue weighted by Crippen LogP contribution is -2.34. The number of halogens is 2. The molecule has 17 heteroatoms. The highest BCUT2D eigenvalue weighted by molar-refractivity contribution is 6.35. The number of imidazole rings is 1. The molecular formula is C30H26Cl2N6O9. The van der Waals surface area contributed by atoms with Crippen molar-refractivity contribution < 1.29 is 34.8 Å². The van der Waals surface area contributed by atoms with Crippen LogP contribution in [0.25, 0.3) is 22.6 Å². The molecule has 0 unspecified atom stereocenters. The van der Waals surface area contributed by atoms with Gasteiger partial charge in [-0.25, -0.2) is 15.0 Å². The van der Waals surface area contributed by atoms with E-state index in [2.05, 4.69) is 9.97 Å². The number of ether oxygens (including phenoxy) is 3. The lowest BCUT2D eigenvalue weighted by Gasteiger charge is -2.30. The van der Waals surface area contributed by atoms with Gasteiger partial charge in [-0.1, -0.05) is 59.6 Å². The fourth-order valence-electron chi connectivity index (χ4n) is 4.53. The van der Waals surface area contributed by atoms with E-state index in [4.69, 9.17) is 73.0 Å². The molecule has 3 heterocycles. The Labute approximate surface area is 276 Å². The van der Waals surface area contributed by atoms with E-state index in [1.807, 2.05) is 77.5 Å². The quantitative estimate of drug-likeness (QED) is 0.144. The third-order valence-corrected chi connectivity index (χ3v) is 6.97. The summed E-state index contributed by atoms with van der Waals surface area (Å²) >= 11 is 12.7. The number of aromatic nitrogens is 4.